The van der Waals surface area contributed by atoms with Gasteiger partial charge in [0, 0.05) is 18.3 Å². The van der Waals surface area contributed by atoms with Gasteiger partial charge in [-0.05, 0) is 34.7 Å². The minimum absolute atomic E-state index is 0.111. The van der Waals surface area contributed by atoms with Crippen molar-refractivity contribution < 1.29 is 19.7 Å². The van der Waals surface area contributed by atoms with Crippen LogP contribution in [0, 0.1) is 0 Å². The number of carbonyl (C=O) groups is 1. The first-order chi connectivity index (χ1) is 12.1. The van der Waals surface area contributed by atoms with Crippen LogP contribution in [0.4, 0.5) is 4.79 Å². The van der Waals surface area contributed by atoms with E-state index >= 15 is 0 Å². The molecule has 1 aromatic heterocycles. The number of H-pyrrole nitrogens is 1. The summed E-state index contributed by atoms with van der Waals surface area (Å²) in [6, 6.07) is 16.6. The minimum atomic E-state index is -1.14. The first-order valence-corrected chi connectivity index (χ1v) is 8.01. The monoisotopic (exact) mass is 340 g/mol. The summed E-state index contributed by atoms with van der Waals surface area (Å²) in [5.41, 5.74) is 2.41. The van der Waals surface area contributed by atoms with Gasteiger partial charge in [-0.3, -0.25) is 0 Å². The number of nitrogens with one attached hydrogen (secondary N) is 2. The van der Waals surface area contributed by atoms with Gasteiger partial charge in [-0.25, -0.2) is 4.79 Å². The molecular weight excluding hydrogens is 320 g/mol. The molecule has 4 N–H and O–H groups in total. The van der Waals surface area contributed by atoms with Crippen LogP contribution in [0.2, 0.25) is 0 Å². The summed E-state index contributed by atoms with van der Waals surface area (Å²) >= 11 is 0. The highest BCUT2D eigenvalue weighted by molar-refractivity contribution is 5.80. The third kappa shape index (κ3) is 4.37. The van der Waals surface area contributed by atoms with Crippen molar-refractivity contribution in [2.75, 3.05) is 6.54 Å². The number of aliphatic hydroxyl groups excluding tert-OH is 2. The first-order valence-electron chi connectivity index (χ1n) is 8.01. The number of alkyl carbamates (subject to hydrolysis) is 1. The van der Waals surface area contributed by atoms with Gasteiger partial charge in [-0.1, -0.05) is 36.4 Å². The zero-order chi connectivity index (χ0) is 17.6. The summed E-state index contributed by atoms with van der Waals surface area (Å²) < 4.78 is 5.06. The number of aliphatic hydroxyl groups is 2. The predicted octanol–water partition coefficient (Wildman–Crippen LogP) is 2.49. The Balaban J connectivity index is 1.49. The lowest BCUT2D eigenvalue weighted by atomic mass is 10.0. The molecule has 0 radical (unpaired) electrons. The van der Waals surface area contributed by atoms with Gasteiger partial charge in [-0.2, -0.15) is 0 Å². The number of aromatic nitrogens is 1. The second-order valence-corrected chi connectivity index (χ2v) is 5.78. The molecule has 130 valence electrons. The van der Waals surface area contributed by atoms with Gasteiger partial charge in [0.2, 0.25) is 0 Å². The number of hydrogen-bond acceptors (Lipinski definition) is 4. The average molecular weight is 340 g/mol. The van der Waals surface area contributed by atoms with Crippen LogP contribution in [0.3, 0.4) is 0 Å². The highest BCUT2D eigenvalue weighted by Gasteiger charge is 2.19. The van der Waals surface area contributed by atoms with Gasteiger partial charge < -0.3 is 25.3 Å². The molecule has 6 nitrogen and oxygen atoms in total. The molecule has 1 heterocycles. The molecule has 0 aliphatic heterocycles. The van der Waals surface area contributed by atoms with E-state index in [1.54, 1.807) is 12.1 Å². The van der Waals surface area contributed by atoms with Gasteiger partial charge in [0.1, 0.15) is 18.8 Å². The number of fused-ring (bicyclic) bond motifs is 1. The molecule has 3 aromatic rings. The third-order valence-electron chi connectivity index (χ3n) is 3.95. The van der Waals surface area contributed by atoms with E-state index in [2.05, 4.69) is 10.3 Å². The van der Waals surface area contributed by atoms with Crippen molar-refractivity contribution in [1.82, 2.24) is 10.3 Å². The lowest BCUT2D eigenvalue weighted by Crippen LogP contribution is -2.35. The fraction of sp³-hybridized carbons (Fsp3) is 0.211. The van der Waals surface area contributed by atoms with Crippen LogP contribution in [-0.4, -0.2) is 33.9 Å². The summed E-state index contributed by atoms with van der Waals surface area (Å²) in [7, 11) is 0. The van der Waals surface area contributed by atoms with Crippen LogP contribution in [-0.2, 0) is 11.3 Å². The third-order valence-corrected chi connectivity index (χ3v) is 3.95. The van der Waals surface area contributed by atoms with Crippen molar-refractivity contribution in [3.05, 3.63) is 71.9 Å². The highest BCUT2D eigenvalue weighted by Crippen LogP contribution is 2.21. The van der Waals surface area contributed by atoms with Crippen molar-refractivity contribution in [3.8, 4) is 0 Å². The molecule has 2 atom stereocenters. The largest absolute Gasteiger partial charge is 0.445 e. The van der Waals surface area contributed by atoms with Crippen molar-refractivity contribution in [1.29, 1.82) is 0 Å². The predicted molar refractivity (Wildman–Crippen MR) is 93.9 cm³/mol. The molecular formula is C19H20N2O4. The molecule has 2 unspecified atom stereocenters. The Morgan fingerprint density at radius 1 is 1.12 bits per heavy atom. The van der Waals surface area contributed by atoms with Crippen molar-refractivity contribution in [2.45, 2.75) is 18.8 Å². The maximum absolute atomic E-state index is 11.7. The molecule has 1 amide bonds. The van der Waals surface area contributed by atoms with E-state index < -0.39 is 18.3 Å². The van der Waals surface area contributed by atoms with Gasteiger partial charge >= 0.3 is 6.09 Å². The number of rotatable bonds is 6. The molecule has 0 spiro atoms. The highest BCUT2D eigenvalue weighted by atomic mass is 16.5. The molecule has 2 aromatic carbocycles. The molecule has 25 heavy (non-hydrogen) atoms. The fourth-order valence-corrected chi connectivity index (χ4v) is 2.55. The summed E-state index contributed by atoms with van der Waals surface area (Å²) in [6.45, 7) is 0.0371. The van der Waals surface area contributed by atoms with Crippen LogP contribution < -0.4 is 5.32 Å². The van der Waals surface area contributed by atoms with Gasteiger partial charge in [0.05, 0.1) is 0 Å². The minimum Gasteiger partial charge on any atom is -0.445 e. The van der Waals surface area contributed by atoms with E-state index in [0.29, 0.717) is 5.56 Å². The zero-order valence-corrected chi connectivity index (χ0v) is 13.6. The van der Waals surface area contributed by atoms with Crippen LogP contribution in [0.25, 0.3) is 10.9 Å². The number of hydrogen-bond donors (Lipinski definition) is 4. The molecule has 6 heteroatoms. The zero-order valence-electron chi connectivity index (χ0n) is 13.6. The number of carbonyl (C=O) groups excluding carboxylic acids is 1. The first kappa shape index (κ1) is 17.0. The molecule has 0 aliphatic rings. The van der Waals surface area contributed by atoms with Gasteiger partial charge in [0.15, 0.2) is 0 Å². The fourth-order valence-electron chi connectivity index (χ4n) is 2.55. The Bertz CT molecular complexity index is 832. The molecule has 0 aliphatic carbocycles. The topological polar surface area (TPSA) is 94.6 Å². The Kier molecular flexibility index (Phi) is 5.33. The van der Waals surface area contributed by atoms with Crippen LogP contribution in [0.5, 0.6) is 0 Å². The Labute approximate surface area is 145 Å². The quantitative estimate of drug-likeness (QED) is 0.554. The van der Waals surface area contributed by atoms with Crippen molar-refractivity contribution in [3.63, 3.8) is 0 Å². The lowest BCUT2D eigenvalue weighted by molar-refractivity contribution is 0.0185. The van der Waals surface area contributed by atoms with E-state index in [0.717, 1.165) is 16.5 Å². The normalized spacial score (nSPS) is 13.4. The van der Waals surface area contributed by atoms with Crippen LogP contribution in [0.15, 0.2) is 60.8 Å². The number of benzene rings is 2. The SMILES string of the molecule is O=C(NCC(O)C(O)c1ccc2[nH]ccc2c1)OCc1ccccc1. The van der Waals surface area contributed by atoms with E-state index in [4.69, 9.17) is 4.74 Å². The standard InChI is InChI=1S/C19H20N2O4/c22-17(11-21-19(24)25-12-13-4-2-1-3-5-13)18(23)15-6-7-16-14(10-15)8-9-20-16/h1-10,17-18,20,22-23H,11-12H2,(H,21,24). The smallest absolute Gasteiger partial charge is 0.407 e. The number of amides is 1. The van der Waals surface area contributed by atoms with Gasteiger partial charge in [0.25, 0.3) is 0 Å². The van der Waals surface area contributed by atoms with Crippen molar-refractivity contribution >= 4 is 17.0 Å². The molecule has 3 rings (SSSR count). The average Bonchev–Trinajstić information content (AvgIpc) is 3.12. The number of ether oxygens (including phenoxy) is 1. The van der Waals surface area contributed by atoms with E-state index in [1.165, 1.54) is 0 Å². The molecule has 0 bridgehead atoms. The van der Waals surface area contributed by atoms with Crippen molar-refractivity contribution in [2.24, 2.45) is 0 Å². The molecule has 0 saturated carbocycles. The van der Waals surface area contributed by atoms with Gasteiger partial charge in [-0.15, -0.1) is 0 Å². The number of aromatic amines is 1. The maximum atomic E-state index is 11.7. The summed E-state index contributed by atoms with van der Waals surface area (Å²) in [5.74, 6) is 0. The Hall–Kier alpha value is -2.83. The van der Waals surface area contributed by atoms with E-state index in [-0.39, 0.29) is 13.2 Å². The van der Waals surface area contributed by atoms with Crippen LogP contribution >= 0.6 is 0 Å². The maximum Gasteiger partial charge on any atom is 0.407 e. The Morgan fingerprint density at radius 3 is 2.72 bits per heavy atom. The summed E-state index contributed by atoms with van der Waals surface area (Å²) in [5, 5.41) is 23.8. The van der Waals surface area contributed by atoms with E-state index in [9.17, 15) is 15.0 Å². The molecule has 0 fully saturated rings. The molecule has 0 saturated heterocycles. The summed E-state index contributed by atoms with van der Waals surface area (Å²) in [4.78, 5) is 14.8. The lowest BCUT2D eigenvalue weighted by Gasteiger charge is -2.18. The second kappa shape index (κ2) is 7.83. The van der Waals surface area contributed by atoms with E-state index in [1.807, 2.05) is 48.7 Å². The second-order valence-electron chi connectivity index (χ2n) is 5.78. The summed E-state index contributed by atoms with van der Waals surface area (Å²) in [6.07, 6.45) is -1.08. The Morgan fingerprint density at radius 2 is 1.92 bits per heavy atom. The van der Waals surface area contributed by atoms with Crippen LogP contribution in [0.1, 0.15) is 17.2 Å².